The fraction of sp³-hybridized carbons (Fsp3) is 0.462. The third-order valence-electron chi connectivity index (χ3n) is 2.77. The summed E-state index contributed by atoms with van der Waals surface area (Å²) in [6, 6.07) is 6.37. The van der Waals surface area contributed by atoms with Crippen LogP contribution in [-0.4, -0.2) is 36.4 Å². The molecule has 112 valence electrons. The summed E-state index contributed by atoms with van der Waals surface area (Å²) < 4.78 is 27.1. The van der Waals surface area contributed by atoms with Crippen LogP contribution >= 0.6 is 15.9 Å². The van der Waals surface area contributed by atoms with E-state index in [1.165, 1.54) is 10.4 Å². The number of carboxylic acid groups (broad SMARTS) is 1. The van der Waals surface area contributed by atoms with Crippen LogP contribution in [0.4, 0.5) is 0 Å². The first-order valence-electron chi connectivity index (χ1n) is 6.25. The Kier molecular flexibility index (Phi) is 6.16. The van der Waals surface area contributed by atoms with E-state index in [0.717, 1.165) is 0 Å². The van der Waals surface area contributed by atoms with Gasteiger partial charge in [0.15, 0.2) is 0 Å². The van der Waals surface area contributed by atoms with Crippen LogP contribution in [0, 0.1) is 0 Å². The molecular formula is C13H18BrNO4S. The average molecular weight is 364 g/mol. The fourth-order valence-electron chi connectivity index (χ4n) is 1.82. The van der Waals surface area contributed by atoms with Gasteiger partial charge in [0, 0.05) is 23.5 Å². The predicted octanol–water partition coefficient (Wildman–Crippen LogP) is 2.71. The fourth-order valence-corrected chi connectivity index (χ4v) is 4.46. The summed E-state index contributed by atoms with van der Waals surface area (Å²) in [5, 5.41) is 8.65. The largest absolute Gasteiger partial charge is 0.481 e. The first kappa shape index (κ1) is 17.1. The van der Waals surface area contributed by atoms with E-state index >= 15 is 0 Å². The van der Waals surface area contributed by atoms with E-state index in [0.29, 0.717) is 4.47 Å². The molecule has 0 unspecified atom stereocenters. The number of aliphatic carboxylic acids is 1. The lowest BCUT2D eigenvalue weighted by molar-refractivity contribution is -0.137. The van der Waals surface area contributed by atoms with E-state index in [-0.39, 0.29) is 30.3 Å². The third-order valence-corrected chi connectivity index (χ3v) is 5.86. The maximum Gasteiger partial charge on any atom is 0.303 e. The third kappa shape index (κ3) is 4.29. The highest BCUT2D eigenvalue weighted by Gasteiger charge is 2.28. The average Bonchev–Trinajstić information content (AvgIpc) is 2.33. The Bertz CT molecular complexity index is 571. The molecule has 20 heavy (non-hydrogen) atoms. The molecular weight excluding hydrogens is 346 g/mol. The van der Waals surface area contributed by atoms with E-state index in [4.69, 9.17) is 5.11 Å². The summed E-state index contributed by atoms with van der Waals surface area (Å²) in [7, 11) is -3.64. The van der Waals surface area contributed by atoms with Crippen LogP contribution in [0.5, 0.6) is 0 Å². The molecule has 0 bridgehead atoms. The Hall–Kier alpha value is -0.920. The van der Waals surface area contributed by atoms with Crippen LogP contribution in [0.15, 0.2) is 33.6 Å². The highest BCUT2D eigenvalue weighted by Crippen LogP contribution is 2.26. The molecule has 1 aromatic rings. The molecule has 1 N–H and O–H groups in total. The van der Waals surface area contributed by atoms with Crippen molar-refractivity contribution in [3.8, 4) is 0 Å². The van der Waals surface area contributed by atoms with Crippen LogP contribution in [0.25, 0.3) is 0 Å². The molecule has 0 heterocycles. The van der Waals surface area contributed by atoms with Crippen molar-refractivity contribution in [2.24, 2.45) is 0 Å². The normalized spacial score (nSPS) is 12.1. The molecule has 0 atom stereocenters. The summed E-state index contributed by atoms with van der Waals surface area (Å²) in [6.07, 6.45) is 0.242. The molecule has 0 radical (unpaired) electrons. The molecule has 1 aromatic carbocycles. The van der Waals surface area contributed by atoms with Gasteiger partial charge in [0.05, 0.1) is 4.90 Å². The number of nitrogens with zero attached hydrogens (tertiary/aromatic N) is 1. The number of hydrogen-bond donors (Lipinski definition) is 1. The first-order chi connectivity index (χ1) is 9.26. The number of hydrogen-bond acceptors (Lipinski definition) is 3. The SMILES string of the molecule is CC(C)N(CCCC(=O)O)S(=O)(=O)c1ccccc1Br. The van der Waals surface area contributed by atoms with Gasteiger partial charge in [0.2, 0.25) is 10.0 Å². The van der Waals surface area contributed by atoms with Crippen molar-refractivity contribution in [1.82, 2.24) is 4.31 Å². The van der Waals surface area contributed by atoms with Gasteiger partial charge < -0.3 is 5.11 Å². The van der Waals surface area contributed by atoms with Gasteiger partial charge in [-0.25, -0.2) is 8.42 Å². The summed E-state index contributed by atoms with van der Waals surface area (Å²) in [5.74, 6) is -0.924. The summed E-state index contributed by atoms with van der Waals surface area (Å²) in [4.78, 5) is 10.7. The summed E-state index contributed by atoms with van der Waals surface area (Å²) in [5.41, 5.74) is 0. The maximum atomic E-state index is 12.6. The van der Waals surface area contributed by atoms with Crippen molar-refractivity contribution in [3.05, 3.63) is 28.7 Å². The van der Waals surface area contributed by atoms with E-state index < -0.39 is 16.0 Å². The highest BCUT2D eigenvalue weighted by atomic mass is 79.9. The van der Waals surface area contributed by atoms with Gasteiger partial charge in [-0.05, 0) is 48.3 Å². The standard InChI is InChI=1S/C13H18BrNO4S/c1-10(2)15(9-5-8-13(16)17)20(18,19)12-7-4-3-6-11(12)14/h3-4,6-7,10H,5,8-9H2,1-2H3,(H,16,17). The Balaban J connectivity index is 3.01. The van der Waals surface area contributed by atoms with Crippen LogP contribution in [0.3, 0.4) is 0 Å². The Morgan fingerprint density at radius 3 is 2.45 bits per heavy atom. The second-order valence-electron chi connectivity index (χ2n) is 4.64. The number of carbonyl (C=O) groups is 1. The molecule has 0 aromatic heterocycles. The van der Waals surface area contributed by atoms with Gasteiger partial charge in [-0.2, -0.15) is 4.31 Å². The number of benzene rings is 1. The van der Waals surface area contributed by atoms with Crippen LogP contribution in [0.2, 0.25) is 0 Å². The van der Waals surface area contributed by atoms with Crippen LogP contribution in [-0.2, 0) is 14.8 Å². The van der Waals surface area contributed by atoms with Crippen molar-refractivity contribution >= 4 is 31.9 Å². The monoisotopic (exact) mass is 363 g/mol. The topological polar surface area (TPSA) is 74.7 Å². The number of halogens is 1. The second-order valence-corrected chi connectivity index (χ2v) is 7.35. The second kappa shape index (κ2) is 7.19. The van der Waals surface area contributed by atoms with Crippen LogP contribution in [0.1, 0.15) is 26.7 Å². The van der Waals surface area contributed by atoms with Gasteiger partial charge in [-0.3, -0.25) is 4.79 Å². The van der Waals surface area contributed by atoms with E-state index in [9.17, 15) is 13.2 Å². The Morgan fingerprint density at radius 2 is 1.95 bits per heavy atom. The molecule has 0 aliphatic heterocycles. The number of sulfonamides is 1. The van der Waals surface area contributed by atoms with Crippen molar-refractivity contribution in [1.29, 1.82) is 0 Å². The molecule has 0 spiro atoms. The molecule has 0 aliphatic rings. The predicted molar refractivity (Wildman–Crippen MR) is 80.0 cm³/mol. The van der Waals surface area contributed by atoms with Crippen molar-refractivity contribution < 1.29 is 18.3 Å². The quantitative estimate of drug-likeness (QED) is 0.807. The smallest absolute Gasteiger partial charge is 0.303 e. The van der Waals surface area contributed by atoms with Crippen LogP contribution < -0.4 is 0 Å². The minimum Gasteiger partial charge on any atom is -0.481 e. The number of rotatable bonds is 7. The van der Waals surface area contributed by atoms with Crippen molar-refractivity contribution in [2.75, 3.05) is 6.54 Å². The Morgan fingerprint density at radius 1 is 1.35 bits per heavy atom. The maximum absolute atomic E-state index is 12.6. The molecule has 0 aliphatic carbocycles. The van der Waals surface area contributed by atoms with E-state index in [2.05, 4.69) is 15.9 Å². The van der Waals surface area contributed by atoms with E-state index in [1.807, 2.05) is 0 Å². The minimum atomic E-state index is -3.64. The molecule has 0 saturated carbocycles. The molecule has 7 heteroatoms. The van der Waals surface area contributed by atoms with Gasteiger partial charge in [0.25, 0.3) is 0 Å². The zero-order valence-corrected chi connectivity index (χ0v) is 13.8. The zero-order valence-electron chi connectivity index (χ0n) is 11.4. The molecule has 0 amide bonds. The van der Waals surface area contributed by atoms with Gasteiger partial charge >= 0.3 is 5.97 Å². The van der Waals surface area contributed by atoms with Crippen molar-refractivity contribution in [3.63, 3.8) is 0 Å². The van der Waals surface area contributed by atoms with Gasteiger partial charge in [-0.15, -0.1) is 0 Å². The number of carboxylic acids is 1. The van der Waals surface area contributed by atoms with E-state index in [1.54, 1.807) is 32.0 Å². The van der Waals surface area contributed by atoms with Gasteiger partial charge in [-0.1, -0.05) is 12.1 Å². The Labute approximate surface area is 127 Å². The van der Waals surface area contributed by atoms with Crippen molar-refractivity contribution in [2.45, 2.75) is 37.6 Å². The molecule has 0 saturated heterocycles. The molecule has 1 rings (SSSR count). The molecule has 0 fully saturated rings. The zero-order chi connectivity index (χ0) is 15.3. The van der Waals surface area contributed by atoms with Gasteiger partial charge in [0.1, 0.15) is 0 Å². The lowest BCUT2D eigenvalue weighted by Gasteiger charge is -2.26. The highest BCUT2D eigenvalue weighted by molar-refractivity contribution is 9.10. The lowest BCUT2D eigenvalue weighted by Crippen LogP contribution is -2.38. The summed E-state index contributed by atoms with van der Waals surface area (Å²) >= 11 is 3.24. The molecule has 5 nitrogen and oxygen atoms in total. The minimum absolute atomic E-state index is 0.0469. The first-order valence-corrected chi connectivity index (χ1v) is 8.48. The lowest BCUT2D eigenvalue weighted by atomic mass is 10.3. The summed E-state index contributed by atoms with van der Waals surface area (Å²) in [6.45, 7) is 3.73.